The summed E-state index contributed by atoms with van der Waals surface area (Å²) < 4.78 is 14.9. The molecule has 1 atom stereocenters. The summed E-state index contributed by atoms with van der Waals surface area (Å²) in [6.07, 6.45) is 1.77. The topological polar surface area (TPSA) is 113 Å². The summed E-state index contributed by atoms with van der Waals surface area (Å²) in [5, 5.41) is 20.2. The molecule has 1 saturated heterocycles. The van der Waals surface area contributed by atoms with Crippen LogP contribution in [0.15, 0.2) is 66.2 Å². The fourth-order valence-corrected chi connectivity index (χ4v) is 5.00. The molecule has 11 heteroatoms. The van der Waals surface area contributed by atoms with Crippen LogP contribution in [0.5, 0.6) is 5.75 Å². The van der Waals surface area contributed by atoms with Crippen molar-refractivity contribution >= 4 is 41.3 Å². The molecule has 0 bridgehead atoms. The Bertz CT molecular complexity index is 1530. The average molecular weight is 561 g/mol. The lowest BCUT2D eigenvalue weighted by molar-refractivity contribution is -0.128. The number of hydrogen-bond acceptors (Lipinski definition) is 6. The molecule has 1 aliphatic rings. The number of halogens is 2. The molecule has 2 heterocycles. The Hall–Kier alpha value is -4.75. The first kappa shape index (κ1) is 28.3. The zero-order chi connectivity index (χ0) is 29.0. The molecule has 1 aliphatic heterocycles. The first-order chi connectivity index (χ1) is 19.2. The molecule has 0 aliphatic carbocycles. The number of amides is 2. The number of nitrogens with zero attached hydrogens (tertiary/aromatic N) is 6. The van der Waals surface area contributed by atoms with Crippen molar-refractivity contribution in [3.8, 4) is 23.1 Å². The number of carbonyl (C=O) groups excluding carboxylic acids is 2. The molecular weight excluding hydrogens is 535 g/mol. The van der Waals surface area contributed by atoms with Gasteiger partial charge >= 0.3 is 0 Å². The number of aliphatic imine (C=N–C) groups is 1. The van der Waals surface area contributed by atoms with Gasteiger partial charge in [-0.05, 0) is 43.3 Å². The minimum atomic E-state index is -0.760. The van der Waals surface area contributed by atoms with E-state index in [4.69, 9.17) is 11.6 Å². The molecule has 0 spiro atoms. The van der Waals surface area contributed by atoms with E-state index in [1.807, 2.05) is 11.8 Å². The van der Waals surface area contributed by atoms with Gasteiger partial charge in [0.2, 0.25) is 12.3 Å². The number of benzene rings is 2. The van der Waals surface area contributed by atoms with E-state index in [1.54, 1.807) is 36.2 Å². The van der Waals surface area contributed by atoms with Crippen LogP contribution in [0.4, 0.5) is 15.9 Å². The summed E-state index contributed by atoms with van der Waals surface area (Å²) in [6, 6.07) is 13.7. The van der Waals surface area contributed by atoms with Gasteiger partial charge in [0.25, 0.3) is 0 Å². The lowest BCUT2D eigenvalue weighted by Gasteiger charge is -2.41. The highest BCUT2D eigenvalue weighted by Gasteiger charge is 2.32. The number of pyridine rings is 1. The number of carbonyl (C=O) groups is 2. The Morgan fingerprint density at radius 3 is 2.67 bits per heavy atom. The molecule has 1 fully saturated rings. The molecule has 0 radical (unpaired) electrons. The maximum absolute atomic E-state index is 14.9. The first-order valence-corrected chi connectivity index (χ1v) is 12.7. The van der Waals surface area contributed by atoms with Crippen molar-refractivity contribution in [3.05, 3.63) is 83.2 Å². The minimum Gasteiger partial charge on any atom is -0.507 e. The monoisotopic (exact) mass is 560 g/mol. The second kappa shape index (κ2) is 12.0. The highest BCUT2D eigenvalue weighted by molar-refractivity contribution is 6.33. The number of hydrogen-bond donors (Lipinski definition) is 1. The van der Waals surface area contributed by atoms with E-state index in [2.05, 4.69) is 22.6 Å². The summed E-state index contributed by atoms with van der Waals surface area (Å²) in [5.41, 5.74) is 0.446. The minimum absolute atomic E-state index is 0.00726. The second-order valence-electron chi connectivity index (χ2n) is 9.01. The molecular formula is C29H26ClFN6O3. The average Bonchev–Trinajstić information content (AvgIpc) is 2.95. The fourth-order valence-electron chi connectivity index (χ4n) is 4.75. The van der Waals surface area contributed by atoms with Gasteiger partial charge in [0, 0.05) is 32.7 Å². The Morgan fingerprint density at radius 2 is 2.05 bits per heavy atom. The zero-order valence-corrected chi connectivity index (χ0v) is 22.6. The van der Waals surface area contributed by atoms with Gasteiger partial charge in [-0.2, -0.15) is 5.26 Å². The molecule has 2 aromatic carbocycles. The molecule has 40 heavy (non-hydrogen) atoms. The van der Waals surface area contributed by atoms with Gasteiger partial charge in [-0.25, -0.2) is 9.37 Å². The number of aromatic hydroxyl groups is 1. The van der Waals surface area contributed by atoms with Gasteiger partial charge in [-0.1, -0.05) is 36.4 Å². The van der Waals surface area contributed by atoms with E-state index in [1.165, 1.54) is 29.2 Å². The van der Waals surface area contributed by atoms with Gasteiger partial charge in [0.1, 0.15) is 23.5 Å². The quantitative estimate of drug-likeness (QED) is 0.205. The zero-order valence-electron chi connectivity index (χ0n) is 21.9. The van der Waals surface area contributed by atoms with Crippen LogP contribution >= 0.6 is 11.6 Å². The van der Waals surface area contributed by atoms with Crippen LogP contribution < -0.4 is 4.90 Å². The van der Waals surface area contributed by atoms with Gasteiger partial charge in [0.05, 0.1) is 33.1 Å². The van der Waals surface area contributed by atoms with Gasteiger partial charge in [-0.3, -0.25) is 19.5 Å². The van der Waals surface area contributed by atoms with E-state index in [9.17, 15) is 24.3 Å². The molecule has 2 amide bonds. The molecule has 204 valence electrons. The Kier molecular flexibility index (Phi) is 8.46. The molecule has 3 aromatic rings. The molecule has 1 unspecified atom stereocenters. The number of rotatable bonds is 6. The Morgan fingerprint density at radius 1 is 1.30 bits per heavy atom. The van der Waals surface area contributed by atoms with E-state index in [0.29, 0.717) is 37.4 Å². The van der Waals surface area contributed by atoms with Crippen LogP contribution in [0.1, 0.15) is 18.1 Å². The molecule has 4 rings (SSSR count). The third kappa shape index (κ3) is 5.24. The van der Waals surface area contributed by atoms with Crippen molar-refractivity contribution in [2.24, 2.45) is 4.99 Å². The number of aromatic nitrogens is 1. The number of para-hydroxylation sites is 1. The molecule has 9 nitrogen and oxygen atoms in total. The lowest BCUT2D eigenvalue weighted by atomic mass is 10.0. The van der Waals surface area contributed by atoms with Gasteiger partial charge in [0.15, 0.2) is 5.82 Å². The third-order valence-electron chi connectivity index (χ3n) is 6.64. The van der Waals surface area contributed by atoms with Crippen LogP contribution in [-0.4, -0.2) is 70.8 Å². The van der Waals surface area contributed by atoms with Crippen LogP contribution in [0, 0.1) is 17.1 Å². The summed E-state index contributed by atoms with van der Waals surface area (Å²) >= 11 is 6.66. The van der Waals surface area contributed by atoms with Crippen LogP contribution in [0.3, 0.4) is 0 Å². The van der Waals surface area contributed by atoms with E-state index >= 15 is 0 Å². The summed E-state index contributed by atoms with van der Waals surface area (Å²) in [6.45, 7) is 6.70. The normalized spacial score (nSPS) is 15.4. The highest BCUT2D eigenvalue weighted by atomic mass is 35.5. The first-order valence-electron chi connectivity index (χ1n) is 12.3. The number of piperazine rings is 1. The maximum atomic E-state index is 14.9. The van der Waals surface area contributed by atoms with Crippen LogP contribution in [0.25, 0.3) is 11.3 Å². The highest BCUT2D eigenvalue weighted by Crippen LogP contribution is 2.40. The van der Waals surface area contributed by atoms with Crippen molar-refractivity contribution in [2.75, 3.05) is 31.6 Å². The molecule has 1 aromatic heterocycles. The second-order valence-corrected chi connectivity index (χ2v) is 9.41. The van der Waals surface area contributed by atoms with Crippen molar-refractivity contribution < 1.29 is 19.1 Å². The summed E-state index contributed by atoms with van der Waals surface area (Å²) in [7, 11) is 1.58. The van der Waals surface area contributed by atoms with E-state index < -0.39 is 5.82 Å². The van der Waals surface area contributed by atoms with E-state index in [0.717, 1.165) is 6.07 Å². The van der Waals surface area contributed by atoms with Crippen molar-refractivity contribution in [3.63, 3.8) is 0 Å². The number of nitriles is 1. The Balaban J connectivity index is 1.94. The predicted molar refractivity (Wildman–Crippen MR) is 151 cm³/mol. The smallest absolute Gasteiger partial charge is 0.246 e. The van der Waals surface area contributed by atoms with Gasteiger partial charge < -0.3 is 14.9 Å². The van der Waals surface area contributed by atoms with Crippen molar-refractivity contribution in [2.45, 2.75) is 13.0 Å². The van der Waals surface area contributed by atoms with Gasteiger partial charge in [-0.15, -0.1) is 0 Å². The summed E-state index contributed by atoms with van der Waals surface area (Å²) in [4.78, 5) is 38.7. The SMILES string of the molecule is C=CC(=O)N1CCN(C(=NC)c2cc(Cl)c(-c3c(O)cccc3F)nc2N(C=O)c2ccccc2C#N)C(C)C1. The number of phenolic OH excluding ortho intramolecular Hbond substituents is 1. The standard InChI is InChI=1S/C29H26ClFN6O3/c1-4-25(40)35-12-13-36(18(2)16-35)28(33-3)20-14-21(30)27(26-22(31)9-7-11-24(26)39)34-29(20)37(17-38)23-10-6-5-8-19(23)15-32/h4-11,14,17-18,39H,1,12-13,16H2,2-3H3. The van der Waals surface area contributed by atoms with Crippen molar-refractivity contribution in [1.82, 2.24) is 14.8 Å². The van der Waals surface area contributed by atoms with E-state index in [-0.39, 0.29) is 51.0 Å². The largest absolute Gasteiger partial charge is 0.507 e. The predicted octanol–water partition coefficient (Wildman–Crippen LogP) is 4.51. The maximum Gasteiger partial charge on any atom is 0.246 e. The number of anilines is 2. The van der Waals surface area contributed by atoms with Crippen molar-refractivity contribution in [1.29, 1.82) is 5.26 Å². The fraction of sp³-hybridized carbons (Fsp3) is 0.207. The summed E-state index contributed by atoms with van der Waals surface area (Å²) in [5.74, 6) is -0.875. The molecule has 0 saturated carbocycles. The Labute approximate surface area is 236 Å². The number of phenols is 1. The number of amidine groups is 1. The third-order valence-corrected chi connectivity index (χ3v) is 6.93. The van der Waals surface area contributed by atoms with Crippen LogP contribution in [-0.2, 0) is 9.59 Å². The van der Waals surface area contributed by atoms with Crippen LogP contribution in [0.2, 0.25) is 5.02 Å². The lowest BCUT2D eigenvalue weighted by Crippen LogP contribution is -2.55. The molecule has 1 N–H and O–H groups in total.